The van der Waals surface area contributed by atoms with Crippen LogP contribution >= 0.6 is 11.6 Å². The van der Waals surface area contributed by atoms with E-state index in [4.69, 9.17) is 21.6 Å². The van der Waals surface area contributed by atoms with Crippen LogP contribution in [0.2, 0.25) is 5.02 Å². The zero-order chi connectivity index (χ0) is 53.1. The molecule has 2 aliphatic heterocycles. The van der Waals surface area contributed by atoms with Gasteiger partial charge in [0.05, 0.1) is 21.7 Å². The maximum Gasteiger partial charge on any atom is 0.136 e. The molecule has 12 nitrogen and oxygen atoms in total. The van der Waals surface area contributed by atoms with Crippen LogP contribution in [0.4, 0.5) is 28.7 Å². The number of hydrogen-bond acceptors (Lipinski definition) is 12. The number of benzene rings is 4. The molecular formula is C62H77ClN12. The molecule has 0 bridgehead atoms. The van der Waals surface area contributed by atoms with Crippen molar-refractivity contribution in [2.75, 3.05) is 41.7 Å². The van der Waals surface area contributed by atoms with Gasteiger partial charge in [-0.25, -0.2) is 29.9 Å². The van der Waals surface area contributed by atoms with Crippen molar-refractivity contribution in [1.29, 1.82) is 0 Å². The predicted molar refractivity (Wildman–Crippen MR) is 313 cm³/mol. The number of fused-ring (bicyclic) bond motifs is 2. The molecule has 2 aliphatic rings. The Bertz CT molecular complexity index is 3130. The summed E-state index contributed by atoms with van der Waals surface area (Å²) in [6, 6.07) is 38.3. The Morgan fingerprint density at radius 3 is 1.45 bits per heavy atom. The van der Waals surface area contributed by atoms with E-state index >= 15 is 0 Å². The molecule has 0 aliphatic carbocycles. The van der Waals surface area contributed by atoms with Crippen LogP contribution in [0.3, 0.4) is 0 Å². The number of piperidine rings is 2. The lowest BCUT2D eigenvalue weighted by atomic mass is 9.98. The SMILES string of the molecule is CC(C)(C)NC1CCNCC1.Cc1ccnc(Cc2ccc(Nc3nc4ccccc4c(Cl)c3C)cc2)n1.Cc1ccnc(Cc2ccc(Nc3nc4ccccc4c(N4CCC(NC(C)(C)C)CC4)c3C)cc2)n1. The topological polar surface area (TPSA) is 141 Å². The third-order valence-electron chi connectivity index (χ3n) is 13.4. The van der Waals surface area contributed by atoms with Crippen molar-refractivity contribution in [3.05, 3.63) is 172 Å². The molecule has 0 radical (unpaired) electrons. The smallest absolute Gasteiger partial charge is 0.136 e. The Kier molecular flexibility index (Phi) is 18.1. The normalized spacial score (nSPS) is 14.5. The first-order valence-corrected chi connectivity index (χ1v) is 27.0. The molecule has 13 heteroatoms. The van der Waals surface area contributed by atoms with E-state index < -0.39 is 0 Å². The fourth-order valence-electron chi connectivity index (χ4n) is 9.87. The van der Waals surface area contributed by atoms with Crippen LogP contribution in [0.5, 0.6) is 0 Å². The van der Waals surface area contributed by atoms with Gasteiger partial charge < -0.3 is 31.5 Å². The van der Waals surface area contributed by atoms with Gasteiger partial charge in [0.15, 0.2) is 0 Å². The summed E-state index contributed by atoms with van der Waals surface area (Å²) >= 11 is 6.53. The molecule has 0 spiro atoms. The summed E-state index contributed by atoms with van der Waals surface area (Å²) in [5, 5.41) is 20.7. The molecule has 0 atom stereocenters. The van der Waals surface area contributed by atoms with Crippen molar-refractivity contribution in [2.45, 2.75) is 131 Å². The molecule has 0 amide bonds. The maximum absolute atomic E-state index is 6.53. The number of nitrogens with one attached hydrogen (secondary N) is 5. The van der Waals surface area contributed by atoms with Crippen LogP contribution in [0.1, 0.15) is 113 Å². The van der Waals surface area contributed by atoms with Crippen molar-refractivity contribution in [3.63, 3.8) is 0 Å². The number of hydrogen-bond donors (Lipinski definition) is 5. The number of aromatic nitrogens is 6. The highest BCUT2D eigenvalue weighted by Gasteiger charge is 2.26. The lowest BCUT2D eigenvalue weighted by molar-refractivity contribution is 0.304. The molecule has 392 valence electrons. The van der Waals surface area contributed by atoms with Gasteiger partial charge in [-0.05, 0) is 168 Å². The van der Waals surface area contributed by atoms with E-state index in [2.05, 4.69) is 161 Å². The van der Waals surface area contributed by atoms with Crippen LogP contribution in [0.25, 0.3) is 21.8 Å². The summed E-state index contributed by atoms with van der Waals surface area (Å²) in [5.74, 6) is 3.36. The highest BCUT2D eigenvalue weighted by atomic mass is 35.5. The van der Waals surface area contributed by atoms with E-state index in [-0.39, 0.29) is 11.1 Å². The van der Waals surface area contributed by atoms with Gasteiger partial charge >= 0.3 is 0 Å². The van der Waals surface area contributed by atoms with Crippen LogP contribution in [0.15, 0.2) is 122 Å². The molecule has 0 saturated carbocycles. The molecule has 0 unspecified atom stereocenters. The molecule has 75 heavy (non-hydrogen) atoms. The Morgan fingerprint density at radius 1 is 0.533 bits per heavy atom. The maximum atomic E-state index is 6.53. The standard InChI is InChI=1S/C31H38N6.C22H19ClN4.C9H20N2/c1-21-14-17-32-28(33-21)20-23-10-12-24(13-11-23)34-30-22(2)29(26-8-6-7-9-27(26)35-30)37-18-15-25(16-19-37)36-31(3,4)5;1-14-11-12-24-20(25-14)13-16-7-9-17(10-8-16)26-22-15(2)21(23)18-5-3-4-6-19(18)27-22;1-9(2,3)11-8-4-6-10-7-5-8/h6-14,17,25,36H,15-16,18-20H2,1-5H3,(H,34,35);3-12H,13H2,1-2H3,(H,26,27);8,10-11H,4-7H2,1-3H3. The van der Waals surface area contributed by atoms with Crippen LogP contribution in [-0.2, 0) is 12.8 Å². The number of aryl methyl sites for hydroxylation is 2. The van der Waals surface area contributed by atoms with Gasteiger partial charge in [0, 0.05) is 106 Å². The summed E-state index contributed by atoms with van der Waals surface area (Å²) < 4.78 is 0. The lowest BCUT2D eigenvalue weighted by Crippen LogP contribution is -2.49. The average molecular weight is 1030 g/mol. The van der Waals surface area contributed by atoms with Gasteiger partial charge in [0.25, 0.3) is 0 Å². The van der Waals surface area contributed by atoms with Crippen molar-refractivity contribution in [1.82, 2.24) is 45.9 Å². The summed E-state index contributed by atoms with van der Waals surface area (Å²) in [6.07, 6.45) is 9.88. The predicted octanol–water partition coefficient (Wildman–Crippen LogP) is 13.1. The van der Waals surface area contributed by atoms with Crippen LogP contribution in [-0.4, -0.2) is 79.2 Å². The first kappa shape index (κ1) is 54.7. The molecule has 2 fully saturated rings. The second kappa shape index (κ2) is 24.8. The van der Waals surface area contributed by atoms with Gasteiger partial charge in [-0.15, -0.1) is 0 Å². The average Bonchev–Trinajstić information content (AvgIpc) is 3.37. The highest BCUT2D eigenvalue weighted by Crippen LogP contribution is 2.37. The Morgan fingerprint density at radius 2 is 0.973 bits per heavy atom. The minimum absolute atomic E-state index is 0.145. The van der Waals surface area contributed by atoms with Gasteiger partial charge in [-0.3, -0.25) is 0 Å². The first-order chi connectivity index (χ1) is 35.9. The van der Waals surface area contributed by atoms with Crippen molar-refractivity contribution in [2.24, 2.45) is 0 Å². The summed E-state index contributed by atoms with van der Waals surface area (Å²) in [5.41, 5.74) is 12.1. The number of anilines is 5. The molecular weight excluding hydrogens is 948 g/mol. The molecule has 8 aromatic rings. The van der Waals surface area contributed by atoms with Gasteiger partial charge in [0.2, 0.25) is 0 Å². The number of pyridine rings is 2. The zero-order valence-corrected chi connectivity index (χ0v) is 46.5. The second-order valence-electron chi connectivity index (χ2n) is 22.2. The van der Waals surface area contributed by atoms with Gasteiger partial charge in [-0.1, -0.05) is 72.3 Å². The molecule has 5 N–H and O–H groups in total. The van der Waals surface area contributed by atoms with Gasteiger partial charge in [-0.2, -0.15) is 0 Å². The van der Waals surface area contributed by atoms with Crippen molar-refractivity contribution in [3.8, 4) is 0 Å². The minimum atomic E-state index is 0.145. The number of halogens is 1. The number of nitrogens with zero attached hydrogens (tertiary/aromatic N) is 7. The summed E-state index contributed by atoms with van der Waals surface area (Å²) in [7, 11) is 0. The van der Waals surface area contributed by atoms with E-state index in [0.717, 1.165) is 117 Å². The van der Waals surface area contributed by atoms with Crippen LogP contribution in [0, 0.1) is 27.7 Å². The number of rotatable bonds is 11. The van der Waals surface area contributed by atoms with E-state index in [0.29, 0.717) is 12.5 Å². The summed E-state index contributed by atoms with van der Waals surface area (Å²) in [6.45, 7) is 26.0. The van der Waals surface area contributed by atoms with Crippen LogP contribution < -0.4 is 31.5 Å². The summed E-state index contributed by atoms with van der Waals surface area (Å²) in [4.78, 5) is 30.0. The quantitative estimate of drug-likeness (QED) is 0.0842. The van der Waals surface area contributed by atoms with Crippen molar-refractivity contribution >= 4 is 62.1 Å². The van der Waals surface area contributed by atoms with Crippen molar-refractivity contribution < 1.29 is 0 Å². The zero-order valence-electron chi connectivity index (χ0n) is 45.8. The molecule has 4 aromatic heterocycles. The molecule has 4 aromatic carbocycles. The largest absolute Gasteiger partial charge is 0.371 e. The third kappa shape index (κ3) is 15.7. The number of para-hydroxylation sites is 2. The lowest BCUT2D eigenvalue weighted by Gasteiger charge is -2.38. The first-order valence-electron chi connectivity index (χ1n) is 26.7. The molecule has 10 rings (SSSR count). The van der Waals surface area contributed by atoms with E-state index in [1.165, 1.54) is 48.1 Å². The Hall–Kier alpha value is -6.57. The second-order valence-corrected chi connectivity index (χ2v) is 22.5. The Labute approximate surface area is 450 Å². The molecule has 2 saturated heterocycles. The fourth-order valence-corrected chi connectivity index (χ4v) is 10.1. The monoisotopic (exact) mass is 1020 g/mol. The highest BCUT2D eigenvalue weighted by molar-refractivity contribution is 6.36. The Balaban J connectivity index is 0.000000171. The van der Waals surface area contributed by atoms with E-state index in [9.17, 15) is 0 Å². The third-order valence-corrected chi connectivity index (χ3v) is 13.9. The van der Waals surface area contributed by atoms with Gasteiger partial charge in [0.1, 0.15) is 23.3 Å². The fraction of sp³-hybridized carbons (Fsp3) is 0.387. The van der Waals surface area contributed by atoms with E-state index in [1.807, 2.05) is 75.5 Å². The minimum Gasteiger partial charge on any atom is -0.371 e. The molecule has 6 heterocycles. The van der Waals surface area contributed by atoms with E-state index in [1.54, 1.807) is 6.20 Å².